The fraction of sp³-hybridized carbons (Fsp3) is 0.148. The molecule has 0 saturated carbocycles. The van der Waals surface area contributed by atoms with Crippen LogP contribution in [0.2, 0.25) is 0 Å². The molecule has 0 aliphatic rings. The molecular formula is C27H25NO4. The monoisotopic (exact) mass is 427 g/mol. The van der Waals surface area contributed by atoms with Crippen LogP contribution in [0.4, 0.5) is 0 Å². The average Bonchev–Trinajstić information content (AvgIpc) is 2.87. The van der Waals surface area contributed by atoms with E-state index in [2.05, 4.69) is 4.98 Å². The summed E-state index contributed by atoms with van der Waals surface area (Å²) >= 11 is 0. The topological polar surface area (TPSA) is 60.8 Å². The Morgan fingerprint density at radius 3 is 2.03 bits per heavy atom. The summed E-state index contributed by atoms with van der Waals surface area (Å²) in [7, 11) is 1.59. The molecule has 0 unspecified atom stereocenters. The molecule has 3 aromatic carbocycles. The summed E-state index contributed by atoms with van der Waals surface area (Å²) in [4.78, 5) is 4.64. The van der Waals surface area contributed by atoms with Gasteiger partial charge in [0.2, 0.25) is 11.8 Å². The number of ether oxygens (including phenoxy) is 3. The van der Waals surface area contributed by atoms with E-state index >= 15 is 0 Å². The normalized spacial score (nSPS) is 10.6. The Morgan fingerprint density at radius 2 is 1.41 bits per heavy atom. The van der Waals surface area contributed by atoms with Crippen molar-refractivity contribution < 1.29 is 19.3 Å². The summed E-state index contributed by atoms with van der Waals surface area (Å²) in [5.41, 5.74) is 4.49. The zero-order valence-electron chi connectivity index (χ0n) is 17.9. The first-order valence-corrected chi connectivity index (χ1v) is 10.4. The molecule has 162 valence electrons. The predicted octanol–water partition coefficient (Wildman–Crippen LogP) is 5.41. The maximum Gasteiger partial charge on any atom is 0.225 e. The first kappa shape index (κ1) is 21.4. The molecule has 0 fully saturated rings. The van der Waals surface area contributed by atoms with Gasteiger partial charge in [-0.15, -0.1) is 0 Å². The number of pyridine rings is 1. The van der Waals surface area contributed by atoms with Crippen molar-refractivity contribution in [2.45, 2.75) is 19.8 Å². The van der Waals surface area contributed by atoms with E-state index in [9.17, 15) is 5.11 Å². The molecule has 0 amide bonds. The van der Waals surface area contributed by atoms with Gasteiger partial charge in [-0.05, 0) is 34.9 Å². The SMILES string of the molecule is COc1ccc(-c2ccc(OCc3ccccc3)nc2OCc2ccccc2)cc1CO. The van der Waals surface area contributed by atoms with E-state index in [1.165, 1.54) is 0 Å². The van der Waals surface area contributed by atoms with Gasteiger partial charge in [0.15, 0.2) is 0 Å². The lowest BCUT2D eigenvalue weighted by Gasteiger charge is -2.15. The number of rotatable bonds is 9. The second-order valence-corrected chi connectivity index (χ2v) is 7.24. The fourth-order valence-electron chi connectivity index (χ4n) is 3.36. The summed E-state index contributed by atoms with van der Waals surface area (Å²) in [5.74, 6) is 1.59. The highest BCUT2D eigenvalue weighted by atomic mass is 16.5. The van der Waals surface area contributed by atoms with Crippen LogP contribution in [0, 0.1) is 0 Å². The van der Waals surface area contributed by atoms with Gasteiger partial charge >= 0.3 is 0 Å². The lowest BCUT2D eigenvalue weighted by molar-refractivity contribution is 0.268. The second-order valence-electron chi connectivity index (χ2n) is 7.24. The Kier molecular flexibility index (Phi) is 7.00. The van der Waals surface area contributed by atoms with Crippen LogP contribution in [0.25, 0.3) is 11.1 Å². The van der Waals surface area contributed by atoms with E-state index in [4.69, 9.17) is 14.2 Å². The predicted molar refractivity (Wildman–Crippen MR) is 124 cm³/mol. The van der Waals surface area contributed by atoms with Gasteiger partial charge in [0, 0.05) is 17.2 Å². The fourth-order valence-corrected chi connectivity index (χ4v) is 3.36. The van der Waals surface area contributed by atoms with Crippen LogP contribution in [-0.2, 0) is 19.8 Å². The Hall–Kier alpha value is -3.83. The molecule has 5 heteroatoms. The van der Waals surface area contributed by atoms with E-state index in [1.54, 1.807) is 7.11 Å². The van der Waals surface area contributed by atoms with Crippen LogP contribution in [0.15, 0.2) is 91.0 Å². The van der Waals surface area contributed by atoms with Gasteiger partial charge in [0.05, 0.1) is 13.7 Å². The molecule has 4 rings (SSSR count). The molecule has 0 aliphatic heterocycles. The van der Waals surface area contributed by atoms with Gasteiger partial charge in [0.25, 0.3) is 0 Å². The van der Waals surface area contributed by atoms with Crippen LogP contribution in [0.5, 0.6) is 17.5 Å². The molecule has 0 atom stereocenters. The van der Waals surface area contributed by atoms with Crippen molar-refractivity contribution in [2.75, 3.05) is 7.11 Å². The van der Waals surface area contributed by atoms with Crippen molar-refractivity contribution >= 4 is 0 Å². The van der Waals surface area contributed by atoms with Crippen molar-refractivity contribution in [1.82, 2.24) is 4.98 Å². The Morgan fingerprint density at radius 1 is 0.750 bits per heavy atom. The smallest absolute Gasteiger partial charge is 0.225 e. The number of benzene rings is 3. The standard InChI is InChI=1S/C27H25NO4/c1-30-25-14-12-22(16-23(25)17-29)24-13-15-26(31-18-20-8-4-2-5-9-20)28-27(24)32-19-21-10-6-3-7-11-21/h2-16,29H,17-19H2,1H3. The minimum atomic E-state index is -0.122. The number of aliphatic hydroxyl groups is 1. The average molecular weight is 428 g/mol. The summed E-state index contributed by atoms with van der Waals surface area (Å²) in [6.07, 6.45) is 0. The van der Waals surface area contributed by atoms with Gasteiger partial charge in [-0.2, -0.15) is 4.98 Å². The summed E-state index contributed by atoms with van der Waals surface area (Å²) in [6, 6.07) is 29.3. The highest BCUT2D eigenvalue weighted by Crippen LogP contribution is 2.34. The van der Waals surface area contributed by atoms with Gasteiger partial charge in [-0.1, -0.05) is 66.7 Å². The van der Waals surface area contributed by atoms with E-state index in [0.29, 0.717) is 36.3 Å². The number of aromatic nitrogens is 1. The third-order valence-corrected chi connectivity index (χ3v) is 5.04. The van der Waals surface area contributed by atoms with E-state index in [0.717, 1.165) is 22.3 Å². The molecular weight excluding hydrogens is 402 g/mol. The van der Waals surface area contributed by atoms with Crippen molar-refractivity contribution in [3.8, 4) is 28.6 Å². The maximum absolute atomic E-state index is 9.72. The highest BCUT2D eigenvalue weighted by molar-refractivity contribution is 5.70. The Balaban J connectivity index is 1.63. The molecule has 1 heterocycles. The van der Waals surface area contributed by atoms with E-state index < -0.39 is 0 Å². The van der Waals surface area contributed by atoms with Gasteiger partial charge in [-0.3, -0.25) is 0 Å². The van der Waals surface area contributed by atoms with Crippen molar-refractivity contribution in [2.24, 2.45) is 0 Å². The maximum atomic E-state index is 9.72. The van der Waals surface area contributed by atoms with Crippen molar-refractivity contribution in [3.05, 3.63) is 108 Å². The van der Waals surface area contributed by atoms with Gasteiger partial charge in [-0.25, -0.2) is 0 Å². The van der Waals surface area contributed by atoms with Crippen molar-refractivity contribution in [1.29, 1.82) is 0 Å². The molecule has 0 radical (unpaired) electrons. The zero-order valence-corrected chi connectivity index (χ0v) is 17.9. The van der Waals surface area contributed by atoms with Crippen LogP contribution in [0.3, 0.4) is 0 Å². The molecule has 0 spiro atoms. The Bertz CT molecular complexity index is 1150. The largest absolute Gasteiger partial charge is 0.496 e. The number of hydrogen-bond donors (Lipinski definition) is 1. The number of aliphatic hydroxyl groups excluding tert-OH is 1. The lowest BCUT2D eigenvalue weighted by atomic mass is 10.0. The van der Waals surface area contributed by atoms with E-state index in [-0.39, 0.29) is 6.61 Å². The van der Waals surface area contributed by atoms with Crippen LogP contribution >= 0.6 is 0 Å². The number of nitrogens with zero attached hydrogens (tertiary/aromatic N) is 1. The Labute approximate surface area is 187 Å². The molecule has 0 saturated heterocycles. The van der Waals surface area contributed by atoms with Crippen LogP contribution in [0.1, 0.15) is 16.7 Å². The van der Waals surface area contributed by atoms with Crippen LogP contribution in [-0.4, -0.2) is 17.2 Å². The number of methoxy groups -OCH3 is 1. The summed E-state index contributed by atoms with van der Waals surface area (Å²) < 4.78 is 17.4. The lowest BCUT2D eigenvalue weighted by Crippen LogP contribution is -2.02. The van der Waals surface area contributed by atoms with Gasteiger partial charge in [0.1, 0.15) is 19.0 Å². The third-order valence-electron chi connectivity index (χ3n) is 5.04. The molecule has 4 aromatic rings. The zero-order chi connectivity index (χ0) is 22.2. The molecule has 5 nitrogen and oxygen atoms in total. The molecule has 0 aliphatic carbocycles. The minimum Gasteiger partial charge on any atom is -0.496 e. The minimum absolute atomic E-state index is 0.122. The first-order chi connectivity index (χ1) is 15.8. The van der Waals surface area contributed by atoms with Crippen LogP contribution < -0.4 is 14.2 Å². The summed E-state index contributed by atoms with van der Waals surface area (Å²) in [6.45, 7) is 0.678. The number of hydrogen-bond acceptors (Lipinski definition) is 5. The second kappa shape index (κ2) is 10.5. The molecule has 1 aromatic heterocycles. The molecule has 32 heavy (non-hydrogen) atoms. The first-order valence-electron chi connectivity index (χ1n) is 10.4. The van der Waals surface area contributed by atoms with E-state index in [1.807, 2.05) is 91.0 Å². The van der Waals surface area contributed by atoms with Gasteiger partial charge < -0.3 is 19.3 Å². The molecule has 0 bridgehead atoms. The summed E-state index contributed by atoms with van der Waals surface area (Å²) in [5, 5.41) is 9.72. The quantitative estimate of drug-likeness (QED) is 0.387. The van der Waals surface area contributed by atoms with Crippen molar-refractivity contribution in [3.63, 3.8) is 0 Å². The third kappa shape index (κ3) is 5.25. The molecule has 1 N–H and O–H groups in total. The highest BCUT2D eigenvalue weighted by Gasteiger charge is 2.13.